The third-order valence-electron chi connectivity index (χ3n) is 3.98. The summed E-state index contributed by atoms with van der Waals surface area (Å²) in [6, 6.07) is 5.53. The van der Waals surface area contributed by atoms with Gasteiger partial charge in [-0.3, -0.25) is 4.79 Å². The molecule has 0 aliphatic heterocycles. The second kappa shape index (κ2) is 8.70. The minimum atomic E-state index is -0.246. The number of ether oxygens (including phenoxy) is 5. The standard InChI is InChI=1S/C18H24O6/c1-12-7-13(8-15(12)18(19)22-4)16-9-14(23-10-20-2)5-6-17(16)24-11-21-3/h5-6,8-9,12,15H,7,10-11H2,1-4H3. The predicted octanol–water partition coefficient (Wildman–Crippen LogP) is 2.86. The zero-order chi connectivity index (χ0) is 17.5. The molecule has 24 heavy (non-hydrogen) atoms. The van der Waals surface area contributed by atoms with Gasteiger partial charge in [0.25, 0.3) is 0 Å². The molecule has 6 heteroatoms. The third kappa shape index (κ3) is 4.27. The number of hydrogen-bond donors (Lipinski definition) is 0. The average Bonchev–Trinajstić information content (AvgIpc) is 2.99. The molecule has 0 aromatic heterocycles. The summed E-state index contributed by atoms with van der Waals surface area (Å²) in [5, 5.41) is 0. The molecule has 132 valence electrons. The second-order valence-corrected chi connectivity index (χ2v) is 5.68. The van der Waals surface area contributed by atoms with E-state index in [9.17, 15) is 4.79 Å². The van der Waals surface area contributed by atoms with Crippen LogP contribution in [0.15, 0.2) is 24.3 Å². The molecule has 2 unspecified atom stereocenters. The minimum absolute atomic E-state index is 0.147. The van der Waals surface area contributed by atoms with E-state index in [4.69, 9.17) is 23.7 Å². The van der Waals surface area contributed by atoms with E-state index in [-0.39, 0.29) is 31.4 Å². The summed E-state index contributed by atoms with van der Waals surface area (Å²) in [5.41, 5.74) is 1.92. The van der Waals surface area contributed by atoms with Crippen molar-refractivity contribution in [1.82, 2.24) is 0 Å². The Kier molecular flexibility index (Phi) is 6.63. The molecule has 2 atom stereocenters. The maximum atomic E-state index is 11.9. The van der Waals surface area contributed by atoms with Gasteiger partial charge in [0, 0.05) is 19.8 Å². The summed E-state index contributed by atoms with van der Waals surface area (Å²) < 4.78 is 26.0. The Morgan fingerprint density at radius 1 is 1.12 bits per heavy atom. The lowest BCUT2D eigenvalue weighted by atomic mass is 9.97. The van der Waals surface area contributed by atoms with Crippen LogP contribution in [0.25, 0.3) is 5.57 Å². The van der Waals surface area contributed by atoms with Gasteiger partial charge in [-0.05, 0) is 36.1 Å². The molecule has 0 spiro atoms. The first-order valence-corrected chi connectivity index (χ1v) is 7.77. The Labute approximate surface area is 142 Å². The van der Waals surface area contributed by atoms with Crippen molar-refractivity contribution in [2.75, 3.05) is 34.9 Å². The zero-order valence-corrected chi connectivity index (χ0v) is 14.5. The first-order valence-electron chi connectivity index (χ1n) is 7.77. The van der Waals surface area contributed by atoms with Gasteiger partial charge in [-0.1, -0.05) is 13.0 Å². The van der Waals surface area contributed by atoms with Gasteiger partial charge in [0.05, 0.1) is 13.0 Å². The summed E-state index contributed by atoms with van der Waals surface area (Å²) >= 11 is 0. The summed E-state index contributed by atoms with van der Waals surface area (Å²) in [5.74, 6) is 1.07. The lowest BCUT2D eigenvalue weighted by molar-refractivity contribution is -0.144. The number of hydrogen-bond acceptors (Lipinski definition) is 6. The van der Waals surface area contributed by atoms with Gasteiger partial charge in [-0.2, -0.15) is 0 Å². The maximum Gasteiger partial charge on any atom is 0.312 e. The number of benzene rings is 1. The van der Waals surface area contributed by atoms with Crippen LogP contribution < -0.4 is 9.47 Å². The van der Waals surface area contributed by atoms with Crippen molar-refractivity contribution in [3.63, 3.8) is 0 Å². The van der Waals surface area contributed by atoms with Crippen molar-refractivity contribution >= 4 is 11.5 Å². The average molecular weight is 336 g/mol. The zero-order valence-electron chi connectivity index (χ0n) is 14.5. The molecule has 0 bridgehead atoms. The van der Waals surface area contributed by atoms with E-state index in [1.54, 1.807) is 14.2 Å². The highest BCUT2D eigenvalue weighted by molar-refractivity contribution is 5.83. The Bertz CT molecular complexity index is 595. The van der Waals surface area contributed by atoms with Gasteiger partial charge >= 0.3 is 5.97 Å². The molecular weight excluding hydrogens is 312 g/mol. The lowest BCUT2D eigenvalue weighted by Gasteiger charge is -2.14. The topological polar surface area (TPSA) is 63.2 Å². The summed E-state index contributed by atoms with van der Waals surface area (Å²) in [6.45, 7) is 2.35. The molecule has 0 radical (unpaired) electrons. The molecule has 0 heterocycles. The number of carbonyl (C=O) groups excluding carboxylic acids is 1. The highest BCUT2D eigenvalue weighted by atomic mass is 16.7. The quantitative estimate of drug-likeness (QED) is 0.537. The molecule has 1 aliphatic carbocycles. The number of methoxy groups -OCH3 is 3. The van der Waals surface area contributed by atoms with Crippen LogP contribution >= 0.6 is 0 Å². The van der Waals surface area contributed by atoms with Crippen LogP contribution in [0.3, 0.4) is 0 Å². The monoisotopic (exact) mass is 336 g/mol. The Balaban J connectivity index is 2.32. The third-order valence-corrected chi connectivity index (χ3v) is 3.98. The van der Waals surface area contributed by atoms with Crippen molar-refractivity contribution in [3.05, 3.63) is 29.8 Å². The fraction of sp³-hybridized carbons (Fsp3) is 0.500. The normalized spacial score (nSPS) is 19.8. The van der Waals surface area contributed by atoms with Gasteiger partial charge in [-0.25, -0.2) is 0 Å². The Morgan fingerprint density at radius 2 is 1.83 bits per heavy atom. The van der Waals surface area contributed by atoms with Crippen LogP contribution in [0.4, 0.5) is 0 Å². The lowest BCUT2D eigenvalue weighted by Crippen LogP contribution is -2.17. The van der Waals surface area contributed by atoms with E-state index in [1.807, 2.05) is 31.2 Å². The van der Waals surface area contributed by atoms with Crippen molar-refractivity contribution < 1.29 is 28.5 Å². The van der Waals surface area contributed by atoms with E-state index >= 15 is 0 Å². The molecule has 0 amide bonds. The highest BCUT2D eigenvalue weighted by Crippen LogP contribution is 2.41. The molecule has 1 aromatic carbocycles. The summed E-state index contributed by atoms with van der Waals surface area (Å²) in [7, 11) is 4.55. The smallest absolute Gasteiger partial charge is 0.312 e. The van der Waals surface area contributed by atoms with E-state index in [2.05, 4.69) is 0 Å². The van der Waals surface area contributed by atoms with Gasteiger partial charge in [0.1, 0.15) is 11.5 Å². The fourth-order valence-corrected chi connectivity index (χ4v) is 2.78. The van der Waals surface area contributed by atoms with E-state index in [0.717, 1.165) is 17.6 Å². The van der Waals surface area contributed by atoms with Crippen LogP contribution in [0.5, 0.6) is 11.5 Å². The van der Waals surface area contributed by atoms with Gasteiger partial charge in [0.15, 0.2) is 13.6 Å². The van der Waals surface area contributed by atoms with E-state index in [1.165, 1.54) is 7.11 Å². The highest BCUT2D eigenvalue weighted by Gasteiger charge is 2.32. The Hall–Kier alpha value is -2.05. The van der Waals surface area contributed by atoms with Gasteiger partial charge in [0.2, 0.25) is 0 Å². The van der Waals surface area contributed by atoms with Crippen LogP contribution in [0, 0.1) is 11.8 Å². The molecule has 0 saturated heterocycles. The molecule has 0 fully saturated rings. The van der Waals surface area contributed by atoms with Crippen molar-refractivity contribution in [1.29, 1.82) is 0 Å². The molecule has 0 N–H and O–H groups in total. The van der Waals surface area contributed by atoms with Crippen LogP contribution in [0.1, 0.15) is 18.9 Å². The number of allylic oxidation sites excluding steroid dienone is 1. The minimum Gasteiger partial charge on any atom is -0.469 e. The predicted molar refractivity (Wildman–Crippen MR) is 88.7 cm³/mol. The van der Waals surface area contributed by atoms with Crippen molar-refractivity contribution in [2.45, 2.75) is 13.3 Å². The summed E-state index contributed by atoms with van der Waals surface area (Å²) in [4.78, 5) is 11.9. The van der Waals surface area contributed by atoms with Gasteiger partial charge in [-0.15, -0.1) is 0 Å². The molecule has 2 rings (SSSR count). The van der Waals surface area contributed by atoms with Crippen molar-refractivity contribution in [2.24, 2.45) is 11.8 Å². The SMILES string of the molecule is COCOc1ccc(OCOC)c(C2=CC(C(=O)OC)C(C)C2)c1. The Morgan fingerprint density at radius 3 is 2.50 bits per heavy atom. The van der Waals surface area contributed by atoms with E-state index in [0.29, 0.717) is 11.5 Å². The second-order valence-electron chi connectivity index (χ2n) is 5.68. The van der Waals surface area contributed by atoms with Gasteiger partial charge < -0.3 is 23.7 Å². The van der Waals surface area contributed by atoms with Crippen LogP contribution in [0.2, 0.25) is 0 Å². The number of carbonyl (C=O) groups is 1. The molecule has 0 saturated carbocycles. The van der Waals surface area contributed by atoms with E-state index < -0.39 is 0 Å². The number of rotatable bonds is 8. The molecule has 1 aliphatic rings. The van der Waals surface area contributed by atoms with Crippen molar-refractivity contribution in [3.8, 4) is 11.5 Å². The van der Waals surface area contributed by atoms with Crippen LogP contribution in [-0.2, 0) is 19.0 Å². The maximum absolute atomic E-state index is 11.9. The molecule has 6 nitrogen and oxygen atoms in total. The fourth-order valence-electron chi connectivity index (χ4n) is 2.78. The summed E-state index contributed by atoms with van der Waals surface area (Å²) in [6.07, 6.45) is 2.71. The first kappa shape index (κ1) is 18.3. The molecule has 1 aromatic rings. The first-order chi connectivity index (χ1) is 11.6. The molecular formula is C18H24O6. The number of esters is 1. The van der Waals surface area contributed by atoms with Crippen LogP contribution in [-0.4, -0.2) is 40.9 Å². The largest absolute Gasteiger partial charge is 0.469 e.